The Hall–Kier alpha value is -2.15. The first-order valence-electron chi connectivity index (χ1n) is 11.6. The van der Waals surface area contributed by atoms with Crippen LogP contribution in [-0.2, 0) is 33.3 Å². The van der Waals surface area contributed by atoms with Gasteiger partial charge in [-0.2, -0.15) is 0 Å². The van der Waals surface area contributed by atoms with Crippen LogP contribution in [0.4, 0.5) is 0 Å². The molecule has 4 aliphatic heterocycles. The molecule has 1 aromatic rings. The monoisotopic (exact) mass is 495 g/mol. The van der Waals surface area contributed by atoms with Crippen LogP contribution in [0, 0.1) is 0 Å². The lowest BCUT2D eigenvalue weighted by Gasteiger charge is -2.44. The van der Waals surface area contributed by atoms with Gasteiger partial charge in [-0.05, 0) is 39.8 Å². The molecule has 5 rings (SSSR count). The van der Waals surface area contributed by atoms with Crippen LogP contribution in [0.2, 0.25) is 0 Å². The van der Waals surface area contributed by atoms with Crippen LogP contribution in [0.3, 0.4) is 0 Å². The van der Waals surface area contributed by atoms with E-state index in [2.05, 4.69) is 5.16 Å². The SMILES string of the molecule is COc1cc(C2=NO[C@@H](O[C@@H]3[C@@H]4OC(C)(C)O[C@@H]4CO[C@]34COC(C)(C)O4)C2)cc(OC)c1OC. The van der Waals surface area contributed by atoms with Crippen LogP contribution >= 0.6 is 0 Å². The van der Waals surface area contributed by atoms with E-state index in [1.165, 1.54) is 0 Å². The van der Waals surface area contributed by atoms with Gasteiger partial charge < -0.3 is 47.5 Å². The molecule has 194 valence electrons. The third kappa shape index (κ3) is 4.45. The molecule has 3 fully saturated rings. The van der Waals surface area contributed by atoms with Crippen molar-refractivity contribution in [2.75, 3.05) is 34.5 Å². The third-order valence-electron chi connectivity index (χ3n) is 6.42. The summed E-state index contributed by atoms with van der Waals surface area (Å²) in [5.74, 6) is -1.23. The average molecular weight is 496 g/mol. The predicted molar refractivity (Wildman–Crippen MR) is 121 cm³/mol. The second-order valence-corrected chi connectivity index (χ2v) is 9.80. The number of methoxy groups -OCH3 is 3. The number of ether oxygens (including phenoxy) is 9. The van der Waals surface area contributed by atoms with Crippen molar-refractivity contribution in [3.8, 4) is 17.2 Å². The van der Waals surface area contributed by atoms with Crippen LogP contribution < -0.4 is 14.2 Å². The highest BCUT2D eigenvalue weighted by atomic mass is 16.9. The van der Waals surface area contributed by atoms with Crippen molar-refractivity contribution in [1.82, 2.24) is 0 Å². The largest absolute Gasteiger partial charge is 0.493 e. The van der Waals surface area contributed by atoms with Crippen LogP contribution in [0.5, 0.6) is 17.2 Å². The van der Waals surface area contributed by atoms with E-state index in [4.69, 9.17) is 47.5 Å². The van der Waals surface area contributed by atoms with E-state index in [1.807, 2.05) is 39.8 Å². The molecule has 4 aliphatic rings. The first-order valence-corrected chi connectivity index (χ1v) is 11.6. The van der Waals surface area contributed by atoms with Gasteiger partial charge in [0.05, 0.1) is 40.1 Å². The Morgan fingerprint density at radius 3 is 2.23 bits per heavy atom. The summed E-state index contributed by atoms with van der Waals surface area (Å²) in [4.78, 5) is 5.69. The van der Waals surface area contributed by atoms with Gasteiger partial charge in [-0.3, -0.25) is 0 Å². The van der Waals surface area contributed by atoms with Gasteiger partial charge in [0.15, 0.2) is 23.1 Å². The average Bonchev–Trinajstić information content (AvgIpc) is 3.49. The molecular weight excluding hydrogens is 462 g/mol. The fourth-order valence-corrected chi connectivity index (χ4v) is 4.96. The molecular formula is C24H33NO10. The fraction of sp³-hybridized carbons (Fsp3) is 0.708. The van der Waals surface area contributed by atoms with Gasteiger partial charge in [0, 0.05) is 5.56 Å². The van der Waals surface area contributed by atoms with E-state index in [9.17, 15) is 0 Å². The number of fused-ring (bicyclic) bond motifs is 1. The van der Waals surface area contributed by atoms with Crippen molar-refractivity contribution in [1.29, 1.82) is 0 Å². The quantitative estimate of drug-likeness (QED) is 0.585. The zero-order valence-electron chi connectivity index (χ0n) is 21.1. The summed E-state index contributed by atoms with van der Waals surface area (Å²) in [6, 6.07) is 3.64. The van der Waals surface area contributed by atoms with Gasteiger partial charge >= 0.3 is 0 Å². The van der Waals surface area contributed by atoms with Crippen molar-refractivity contribution in [2.24, 2.45) is 5.16 Å². The topological polar surface area (TPSA) is 105 Å². The van der Waals surface area contributed by atoms with Crippen molar-refractivity contribution < 1.29 is 47.5 Å². The van der Waals surface area contributed by atoms with Crippen molar-refractivity contribution in [3.63, 3.8) is 0 Å². The van der Waals surface area contributed by atoms with E-state index < -0.39 is 35.9 Å². The number of hydrogen-bond donors (Lipinski definition) is 0. The van der Waals surface area contributed by atoms with Crippen LogP contribution in [0.25, 0.3) is 0 Å². The van der Waals surface area contributed by atoms with Gasteiger partial charge in [0.2, 0.25) is 17.8 Å². The maximum atomic E-state index is 6.44. The van der Waals surface area contributed by atoms with Gasteiger partial charge in [0.25, 0.3) is 0 Å². The summed E-state index contributed by atoms with van der Waals surface area (Å²) >= 11 is 0. The van der Waals surface area contributed by atoms with Gasteiger partial charge in [-0.1, -0.05) is 5.16 Å². The Balaban J connectivity index is 1.37. The molecule has 0 aromatic heterocycles. The summed E-state index contributed by atoms with van der Waals surface area (Å²) in [6.07, 6.45) is -1.76. The number of nitrogens with zero attached hydrogens (tertiary/aromatic N) is 1. The fourth-order valence-electron chi connectivity index (χ4n) is 4.96. The molecule has 4 heterocycles. The van der Waals surface area contributed by atoms with Gasteiger partial charge in [0.1, 0.15) is 24.9 Å². The van der Waals surface area contributed by atoms with Crippen LogP contribution in [0.1, 0.15) is 39.7 Å². The number of hydrogen-bond acceptors (Lipinski definition) is 11. The van der Waals surface area contributed by atoms with Crippen molar-refractivity contribution >= 4 is 5.71 Å². The van der Waals surface area contributed by atoms with E-state index in [-0.39, 0.29) is 12.7 Å². The minimum absolute atomic E-state index is 0.186. The first kappa shape index (κ1) is 24.5. The molecule has 0 radical (unpaired) electrons. The molecule has 0 unspecified atom stereocenters. The molecule has 0 N–H and O–H groups in total. The van der Waals surface area contributed by atoms with Crippen LogP contribution in [-0.4, -0.2) is 82.2 Å². The highest BCUT2D eigenvalue weighted by molar-refractivity contribution is 6.02. The predicted octanol–water partition coefficient (Wildman–Crippen LogP) is 2.58. The summed E-state index contributed by atoms with van der Waals surface area (Å²) in [5.41, 5.74) is 1.44. The smallest absolute Gasteiger partial charge is 0.233 e. The minimum Gasteiger partial charge on any atom is -0.493 e. The summed E-state index contributed by atoms with van der Waals surface area (Å²) < 4.78 is 53.3. The van der Waals surface area contributed by atoms with Gasteiger partial charge in [-0.15, -0.1) is 0 Å². The zero-order valence-corrected chi connectivity index (χ0v) is 21.1. The van der Waals surface area contributed by atoms with Gasteiger partial charge in [-0.25, -0.2) is 0 Å². The second kappa shape index (κ2) is 8.75. The lowest BCUT2D eigenvalue weighted by atomic mass is 9.97. The molecule has 5 atom stereocenters. The maximum absolute atomic E-state index is 6.44. The summed E-state index contributed by atoms with van der Waals surface area (Å²) in [5, 5.41) is 4.27. The summed E-state index contributed by atoms with van der Waals surface area (Å²) in [7, 11) is 4.69. The maximum Gasteiger partial charge on any atom is 0.233 e. The molecule has 11 nitrogen and oxygen atoms in total. The molecule has 0 saturated carbocycles. The van der Waals surface area contributed by atoms with Crippen molar-refractivity contribution in [3.05, 3.63) is 17.7 Å². The Morgan fingerprint density at radius 2 is 1.63 bits per heavy atom. The molecule has 3 saturated heterocycles. The molecule has 0 amide bonds. The number of benzene rings is 1. The Kier molecular flexibility index (Phi) is 6.14. The van der Waals surface area contributed by atoms with E-state index in [1.54, 1.807) is 21.3 Å². The Morgan fingerprint density at radius 1 is 0.914 bits per heavy atom. The van der Waals surface area contributed by atoms with E-state index >= 15 is 0 Å². The molecule has 0 aliphatic carbocycles. The Labute approximate surface area is 204 Å². The minimum atomic E-state index is -1.16. The highest BCUT2D eigenvalue weighted by Crippen LogP contribution is 2.46. The standard InChI is InChI=1S/C24H33NO10/c1-22(2)30-12-24(35-22)21(20-17(11-29-24)32-23(3,4)33-20)31-18-10-14(25-34-18)13-8-15(26-5)19(28-7)16(9-13)27-6/h8-9,17-18,20-21H,10-12H2,1-7H3/t17-,18-,20-,21-,24+/m1/s1. The normalized spacial score (nSPS) is 34.9. The molecule has 0 bridgehead atoms. The molecule has 1 aromatic carbocycles. The number of rotatable bonds is 6. The van der Waals surface area contributed by atoms with E-state index in [0.29, 0.717) is 36.0 Å². The highest BCUT2D eigenvalue weighted by Gasteiger charge is 2.64. The molecule has 1 spiro atoms. The first-order chi connectivity index (χ1) is 16.6. The number of oxime groups is 1. The second-order valence-electron chi connectivity index (χ2n) is 9.80. The zero-order chi connectivity index (χ0) is 25.0. The van der Waals surface area contributed by atoms with Crippen molar-refractivity contribution in [2.45, 2.75) is 76.1 Å². The van der Waals surface area contributed by atoms with Crippen LogP contribution in [0.15, 0.2) is 17.3 Å². The van der Waals surface area contributed by atoms with E-state index in [0.717, 1.165) is 5.56 Å². The summed E-state index contributed by atoms with van der Waals surface area (Å²) in [6.45, 7) is 7.88. The molecule has 11 heteroatoms. The third-order valence-corrected chi connectivity index (χ3v) is 6.42. The Bertz CT molecular complexity index is 968. The lowest BCUT2D eigenvalue weighted by molar-refractivity contribution is -0.353. The molecule has 35 heavy (non-hydrogen) atoms. The lowest BCUT2D eigenvalue weighted by Crippen LogP contribution is -2.63.